The van der Waals surface area contributed by atoms with Crippen molar-refractivity contribution >= 4 is 22.9 Å². The van der Waals surface area contributed by atoms with E-state index in [1.807, 2.05) is 45.9 Å². The first-order chi connectivity index (χ1) is 9.95. The third kappa shape index (κ3) is 2.94. The number of nitrogens with two attached hydrogens (primary N) is 1. The monoisotopic (exact) mass is 290 g/mol. The standard InChI is InChI=1S/C15H22N4O2/c1-5-21-12-8-6-7-11-13(12)18-15(16)19(11)10(4)14(20)17-9(2)3/h6-10H,5H2,1-4H3,(H2,16,18)(H,17,20). The molecule has 6 heteroatoms. The minimum Gasteiger partial charge on any atom is -0.492 e. The molecule has 21 heavy (non-hydrogen) atoms. The van der Waals surface area contributed by atoms with Gasteiger partial charge in [0.15, 0.2) is 0 Å². The average Bonchev–Trinajstić information content (AvgIpc) is 2.74. The molecule has 114 valence electrons. The number of nitrogens with one attached hydrogen (secondary N) is 1. The van der Waals surface area contributed by atoms with Crippen molar-refractivity contribution in [2.75, 3.05) is 12.3 Å². The van der Waals surface area contributed by atoms with Gasteiger partial charge in [-0.15, -0.1) is 0 Å². The van der Waals surface area contributed by atoms with Crippen LogP contribution in [0.15, 0.2) is 18.2 Å². The van der Waals surface area contributed by atoms with E-state index < -0.39 is 6.04 Å². The number of anilines is 1. The molecule has 2 aromatic rings. The van der Waals surface area contributed by atoms with Gasteiger partial charge in [0, 0.05) is 6.04 Å². The van der Waals surface area contributed by atoms with Crippen LogP contribution in [0.3, 0.4) is 0 Å². The first-order valence-corrected chi connectivity index (χ1v) is 7.15. The number of aromatic nitrogens is 2. The lowest BCUT2D eigenvalue weighted by molar-refractivity contribution is -0.124. The van der Waals surface area contributed by atoms with E-state index >= 15 is 0 Å². The van der Waals surface area contributed by atoms with E-state index in [2.05, 4.69) is 10.3 Å². The number of nitrogens with zero attached hydrogens (tertiary/aromatic N) is 2. The lowest BCUT2D eigenvalue weighted by Crippen LogP contribution is -2.36. The Balaban J connectivity index is 2.47. The molecule has 1 amide bonds. The van der Waals surface area contributed by atoms with Crippen molar-refractivity contribution in [3.8, 4) is 5.75 Å². The summed E-state index contributed by atoms with van der Waals surface area (Å²) in [5, 5.41) is 2.89. The van der Waals surface area contributed by atoms with Gasteiger partial charge in [-0.25, -0.2) is 4.98 Å². The maximum Gasteiger partial charge on any atom is 0.243 e. The van der Waals surface area contributed by atoms with Crippen molar-refractivity contribution in [3.05, 3.63) is 18.2 Å². The van der Waals surface area contributed by atoms with Crippen molar-refractivity contribution in [2.45, 2.75) is 39.8 Å². The van der Waals surface area contributed by atoms with Crippen molar-refractivity contribution < 1.29 is 9.53 Å². The molecule has 1 unspecified atom stereocenters. The number of nitrogen functional groups attached to an aromatic ring is 1. The van der Waals surface area contributed by atoms with Crippen LogP contribution in [0.2, 0.25) is 0 Å². The van der Waals surface area contributed by atoms with Crippen molar-refractivity contribution in [1.29, 1.82) is 0 Å². The summed E-state index contributed by atoms with van der Waals surface area (Å²) in [7, 11) is 0. The summed E-state index contributed by atoms with van der Waals surface area (Å²) < 4.78 is 7.29. The van der Waals surface area contributed by atoms with E-state index in [0.29, 0.717) is 23.8 Å². The molecular formula is C15H22N4O2. The smallest absolute Gasteiger partial charge is 0.243 e. The molecule has 0 aliphatic rings. The molecule has 1 aromatic carbocycles. The SMILES string of the molecule is CCOc1cccc2c1nc(N)n2C(C)C(=O)NC(C)C. The zero-order valence-electron chi connectivity index (χ0n) is 12.9. The van der Waals surface area contributed by atoms with Gasteiger partial charge >= 0.3 is 0 Å². The summed E-state index contributed by atoms with van der Waals surface area (Å²) in [6, 6.07) is 5.25. The molecule has 0 aliphatic heterocycles. The quantitative estimate of drug-likeness (QED) is 0.883. The van der Waals surface area contributed by atoms with Crippen molar-refractivity contribution in [1.82, 2.24) is 14.9 Å². The number of benzene rings is 1. The van der Waals surface area contributed by atoms with Gasteiger partial charge in [0.25, 0.3) is 0 Å². The summed E-state index contributed by atoms with van der Waals surface area (Å²) in [4.78, 5) is 16.6. The Bertz CT molecular complexity index is 648. The number of ether oxygens (including phenoxy) is 1. The molecule has 0 saturated carbocycles. The molecule has 0 radical (unpaired) electrons. The van der Waals surface area contributed by atoms with Crippen LogP contribution in [0.1, 0.15) is 33.7 Å². The van der Waals surface area contributed by atoms with Crippen LogP contribution in [0.25, 0.3) is 11.0 Å². The molecule has 3 N–H and O–H groups in total. The normalized spacial score (nSPS) is 12.6. The molecule has 0 bridgehead atoms. The number of rotatable bonds is 5. The molecule has 1 heterocycles. The lowest BCUT2D eigenvalue weighted by Gasteiger charge is -2.17. The maximum atomic E-state index is 12.2. The van der Waals surface area contributed by atoms with Gasteiger partial charge in [-0.05, 0) is 39.8 Å². The zero-order valence-corrected chi connectivity index (χ0v) is 12.9. The Hall–Kier alpha value is -2.24. The van der Waals surface area contributed by atoms with E-state index in [4.69, 9.17) is 10.5 Å². The Kier molecular flexibility index (Phi) is 4.35. The highest BCUT2D eigenvalue weighted by atomic mass is 16.5. The number of fused-ring (bicyclic) bond motifs is 1. The van der Waals surface area contributed by atoms with Crippen LogP contribution in [0.4, 0.5) is 5.95 Å². The van der Waals surface area contributed by atoms with Gasteiger partial charge in [0.2, 0.25) is 11.9 Å². The molecule has 2 rings (SSSR count). The van der Waals surface area contributed by atoms with Gasteiger partial charge in [-0.3, -0.25) is 9.36 Å². The number of amides is 1. The second kappa shape index (κ2) is 6.03. The molecule has 0 aliphatic carbocycles. The Labute approximate surface area is 124 Å². The van der Waals surface area contributed by atoms with E-state index in [-0.39, 0.29) is 11.9 Å². The maximum absolute atomic E-state index is 12.2. The zero-order chi connectivity index (χ0) is 15.6. The van der Waals surface area contributed by atoms with Crippen LogP contribution in [0, 0.1) is 0 Å². The highest BCUT2D eigenvalue weighted by Gasteiger charge is 2.22. The average molecular weight is 290 g/mol. The molecule has 0 fully saturated rings. The Morgan fingerprint density at radius 2 is 2.14 bits per heavy atom. The largest absolute Gasteiger partial charge is 0.492 e. The van der Waals surface area contributed by atoms with Crippen molar-refractivity contribution in [2.24, 2.45) is 0 Å². The van der Waals surface area contributed by atoms with E-state index in [9.17, 15) is 4.79 Å². The summed E-state index contributed by atoms with van der Waals surface area (Å²) >= 11 is 0. The number of para-hydroxylation sites is 1. The number of carbonyl (C=O) groups is 1. The van der Waals surface area contributed by atoms with Gasteiger partial charge in [-0.2, -0.15) is 0 Å². The second-order valence-electron chi connectivity index (χ2n) is 5.24. The van der Waals surface area contributed by atoms with E-state index in [1.165, 1.54) is 0 Å². The third-order valence-corrected chi connectivity index (χ3v) is 3.21. The van der Waals surface area contributed by atoms with Gasteiger partial charge in [0.05, 0.1) is 12.1 Å². The van der Waals surface area contributed by atoms with Crippen LogP contribution >= 0.6 is 0 Å². The molecule has 1 aromatic heterocycles. The first-order valence-electron chi connectivity index (χ1n) is 7.15. The van der Waals surface area contributed by atoms with Gasteiger partial charge < -0.3 is 15.8 Å². The molecule has 6 nitrogen and oxygen atoms in total. The van der Waals surface area contributed by atoms with Crippen LogP contribution < -0.4 is 15.8 Å². The summed E-state index contributed by atoms with van der Waals surface area (Å²) in [6.45, 7) is 8.12. The Morgan fingerprint density at radius 1 is 1.43 bits per heavy atom. The summed E-state index contributed by atoms with van der Waals surface area (Å²) in [5.41, 5.74) is 7.48. The fourth-order valence-electron chi connectivity index (χ4n) is 2.31. The highest BCUT2D eigenvalue weighted by Crippen LogP contribution is 2.29. The van der Waals surface area contributed by atoms with Gasteiger partial charge in [0.1, 0.15) is 17.3 Å². The predicted octanol–water partition coefficient (Wildman–Crippen LogP) is 2.10. The van der Waals surface area contributed by atoms with Crippen LogP contribution in [0.5, 0.6) is 5.75 Å². The van der Waals surface area contributed by atoms with Crippen LogP contribution in [-0.2, 0) is 4.79 Å². The molecular weight excluding hydrogens is 268 g/mol. The number of hydrogen-bond donors (Lipinski definition) is 2. The minimum absolute atomic E-state index is 0.0787. The number of imidazole rings is 1. The summed E-state index contributed by atoms with van der Waals surface area (Å²) in [6.07, 6.45) is 0. The highest BCUT2D eigenvalue weighted by molar-refractivity contribution is 5.88. The van der Waals surface area contributed by atoms with Crippen LogP contribution in [-0.4, -0.2) is 28.1 Å². The fraction of sp³-hybridized carbons (Fsp3) is 0.467. The fourth-order valence-corrected chi connectivity index (χ4v) is 2.31. The minimum atomic E-state index is -0.436. The molecule has 0 spiro atoms. The van der Waals surface area contributed by atoms with E-state index in [1.54, 1.807) is 4.57 Å². The Morgan fingerprint density at radius 3 is 2.76 bits per heavy atom. The third-order valence-electron chi connectivity index (χ3n) is 3.21. The predicted molar refractivity (Wildman–Crippen MR) is 83.3 cm³/mol. The van der Waals surface area contributed by atoms with Gasteiger partial charge in [-0.1, -0.05) is 6.07 Å². The topological polar surface area (TPSA) is 82.2 Å². The lowest BCUT2D eigenvalue weighted by atomic mass is 10.2. The number of carbonyl (C=O) groups excluding carboxylic acids is 1. The first kappa shape index (κ1) is 15.2. The summed E-state index contributed by atoms with van der Waals surface area (Å²) in [5.74, 6) is 0.901. The second-order valence-corrected chi connectivity index (χ2v) is 5.24. The van der Waals surface area contributed by atoms with Crippen molar-refractivity contribution in [3.63, 3.8) is 0 Å². The van der Waals surface area contributed by atoms with E-state index in [0.717, 1.165) is 5.52 Å². The molecule has 1 atom stereocenters. The molecule has 0 saturated heterocycles. The number of hydrogen-bond acceptors (Lipinski definition) is 4.